The first-order valence-electron chi connectivity index (χ1n) is 13.4. The summed E-state index contributed by atoms with van der Waals surface area (Å²) < 4.78 is 23.9. The van der Waals surface area contributed by atoms with E-state index in [1.54, 1.807) is 67.2 Å². The van der Waals surface area contributed by atoms with Crippen molar-refractivity contribution in [2.75, 3.05) is 11.6 Å². The molecule has 43 heavy (non-hydrogen) atoms. The molecule has 1 atom stereocenters. The minimum absolute atomic E-state index is 0.177. The molecule has 0 fully saturated rings. The molecule has 222 valence electrons. The summed E-state index contributed by atoms with van der Waals surface area (Å²) in [6.07, 6.45) is 4.71. The van der Waals surface area contributed by atoms with Crippen molar-refractivity contribution in [2.45, 2.75) is 33.9 Å². The summed E-state index contributed by atoms with van der Waals surface area (Å²) in [6, 6.07) is 19.6. The van der Waals surface area contributed by atoms with Gasteiger partial charge in [-0.2, -0.15) is 4.72 Å². The van der Waals surface area contributed by atoms with Crippen molar-refractivity contribution in [3.8, 4) is 11.6 Å². The molecule has 0 aliphatic carbocycles. The van der Waals surface area contributed by atoms with Crippen molar-refractivity contribution in [2.24, 2.45) is 5.41 Å². The van der Waals surface area contributed by atoms with Gasteiger partial charge in [-0.15, -0.1) is 5.10 Å². The number of anilines is 2. The van der Waals surface area contributed by atoms with Gasteiger partial charge in [0.25, 0.3) is 11.5 Å². The highest BCUT2D eigenvalue weighted by Crippen LogP contribution is 2.24. The summed E-state index contributed by atoms with van der Waals surface area (Å²) >= 11 is -1.58. The van der Waals surface area contributed by atoms with Crippen LogP contribution < -0.4 is 26.0 Å². The highest BCUT2D eigenvalue weighted by atomic mass is 32.2. The highest BCUT2D eigenvalue weighted by molar-refractivity contribution is 7.89. The van der Waals surface area contributed by atoms with Crippen LogP contribution in [0, 0.1) is 12.3 Å². The first-order chi connectivity index (χ1) is 20.5. The van der Waals surface area contributed by atoms with Crippen LogP contribution in [0.15, 0.2) is 88.7 Å². The van der Waals surface area contributed by atoms with E-state index in [0.29, 0.717) is 23.0 Å². The van der Waals surface area contributed by atoms with Crippen molar-refractivity contribution in [3.05, 3.63) is 111 Å². The smallest absolute Gasteiger partial charge is 0.332 e. The van der Waals surface area contributed by atoms with Gasteiger partial charge in [0.05, 0.1) is 23.3 Å². The summed E-state index contributed by atoms with van der Waals surface area (Å²) in [7, 11) is 0. The summed E-state index contributed by atoms with van der Waals surface area (Å²) in [4.78, 5) is 43.8. The van der Waals surface area contributed by atoms with Gasteiger partial charge in [0.15, 0.2) is 5.65 Å². The van der Waals surface area contributed by atoms with Gasteiger partial charge in [-0.25, -0.2) is 14.3 Å². The van der Waals surface area contributed by atoms with Crippen molar-refractivity contribution in [1.29, 1.82) is 0 Å². The number of hydrogen-bond donors (Lipinski definition) is 2. The molecule has 0 aliphatic heterocycles. The lowest BCUT2D eigenvalue weighted by atomic mass is 9.92. The zero-order chi connectivity index (χ0) is 30.7. The highest BCUT2D eigenvalue weighted by Gasteiger charge is 2.32. The topological polar surface area (TPSA) is 148 Å². The molecule has 13 heteroatoms. The predicted molar refractivity (Wildman–Crippen MR) is 164 cm³/mol. The Hall–Kier alpha value is -4.88. The summed E-state index contributed by atoms with van der Waals surface area (Å²) in [5, 5.41) is 7.54. The average molecular weight is 602 g/mol. The number of benzene rings is 2. The molecule has 1 amide bonds. The fourth-order valence-electron chi connectivity index (χ4n) is 4.36. The van der Waals surface area contributed by atoms with Crippen LogP contribution in [-0.2, 0) is 29.2 Å². The Labute approximate surface area is 250 Å². The minimum atomic E-state index is -1.58. The van der Waals surface area contributed by atoms with E-state index in [0.717, 1.165) is 15.7 Å². The van der Waals surface area contributed by atoms with Crippen molar-refractivity contribution in [3.63, 3.8) is 0 Å². The lowest BCUT2D eigenvalue weighted by molar-refractivity contribution is -0.128. The van der Waals surface area contributed by atoms with Crippen molar-refractivity contribution in [1.82, 2.24) is 28.5 Å². The largest absolute Gasteiger partial charge is 0.593 e. The maximum Gasteiger partial charge on any atom is 0.332 e. The Kier molecular flexibility index (Phi) is 8.37. The van der Waals surface area contributed by atoms with Crippen LogP contribution in [0.1, 0.15) is 25.0 Å². The Balaban J connectivity index is 1.44. The van der Waals surface area contributed by atoms with E-state index in [-0.39, 0.29) is 18.9 Å². The normalized spacial score (nSPS) is 12.2. The Morgan fingerprint density at radius 2 is 1.74 bits per heavy atom. The Morgan fingerprint density at radius 3 is 2.44 bits per heavy atom. The van der Waals surface area contributed by atoms with Crippen LogP contribution in [0.25, 0.3) is 5.65 Å². The van der Waals surface area contributed by atoms with Gasteiger partial charge < -0.3 is 14.6 Å². The molecule has 0 spiro atoms. The second-order valence-corrected chi connectivity index (χ2v) is 11.8. The SMILES string of the molecule is Cc1ccc(Cn2c(Nc3ccc(Oc4ccc5nccn5n4)cc3)cc(=O)n(CC(C)(C)C(=O)N[S+](C)[O-])c2=O)cc1. The molecule has 0 bridgehead atoms. The second kappa shape index (κ2) is 12.2. The van der Waals surface area contributed by atoms with E-state index < -0.39 is 33.9 Å². The number of hydrogen-bond acceptors (Lipinski definition) is 8. The molecule has 3 heterocycles. The fourth-order valence-corrected chi connectivity index (χ4v) is 4.89. The predicted octanol–water partition coefficient (Wildman–Crippen LogP) is 3.38. The third kappa shape index (κ3) is 6.96. The number of aromatic nitrogens is 5. The summed E-state index contributed by atoms with van der Waals surface area (Å²) in [5.74, 6) is 0.682. The zero-order valence-electron chi connectivity index (χ0n) is 24.1. The number of amides is 1. The lowest BCUT2D eigenvalue weighted by Crippen LogP contribution is -2.48. The van der Waals surface area contributed by atoms with Crippen LogP contribution in [0.5, 0.6) is 11.6 Å². The molecule has 2 aromatic carbocycles. The first kappa shape index (κ1) is 29.6. The van der Waals surface area contributed by atoms with Gasteiger partial charge in [0.1, 0.15) is 17.8 Å². The number of rotatable bonds is 10. The minimum Gasteiger partial charge on any atom is -0.593 e. The molecule has 0 radical (unpaired) electrons. The molecular weight excluding hydrogens is 570 g/mol. The van der Waals surface area contributed by atoms with Gasteiger partial charge in [0, 0.05) is 36.8 Å². The van der Waals surface area contributed by atoms with E-state index in [1.807, 2.05) is 31.2 Å². The standard InChI is InChI=1S/C30H31N7O5S/c1-20-5-7-21(8-6-20)18-35-25(17-27(38)36(29(35)40)19-30(2,3)28(39)34-43(4)41)32-22-9-11-23(12-10-22)42-26-14-13-24-31-15-16-37(24)33-26/h5-17,32H,18-19H2,1-4H3,(H,34,39). The third-order valence-corrected chi connectivity index (χ3v) is 7.20. The number of carbonyl (C=O) groups is 1. The average Bonchev–Trinajstić information content (AvgIpc) is 3.43. The second-order valence-electron chi connectivity index (χ2n) is 10.7. The van der Waals surface area contributed by atoms with Crippen molar-refractivity contribution < 1.29 is 14.1 Å². The maximum atomic E-state index is 13.8. The van der Waals surface area contributed by atoms with Gasteiger partial charge in [-0.05, 0) is 56.7 Å². The zero-order valence-corrected chi connectivity index (χ0v) is 24.9. The maximum absolute atomic E-state index is 13.8. The van der Waals surface area contributed by atoms with Gasteiger partial charge in [-0.1, -0.05) is 29.8 Å². The van der Waals surface area contributed by atoms with E-state index in [1.165, 1.54) is 16.9 Å². The van der Waals surface area contributed by atoms with Gasteiger partial charge >= 0.3 is 5.69 Å². The van der Waals surface area contributed by atoms with Gasteiger partial charge in [-0.3, -0.25) is 18.7 Å². The molecule has 3 aromatic heterocycles. The van der Waals surface area contributed by atoms with E-state index in [4.69, 9.17) is 4.74 Å². The molecule has 2 N–H and O–H groups in total. The lowest BCUT2D eigenvalue weighted by Gasteiger charge is -2.24. The molecule has 0 aliphatic rings. The molecular formula is C30H31N7O5S. The molecule has 0 saturated heterocycles. The van der Waals surface area contributed by atoms with Crippen LogP contribution in [0.2, 0.25) is 0 Å². The van der Waals surface area contributed by atoms with E-state index in [2.05, 4.69) is 20.1 Å². The number of ether oxygens (including phenoxy) is 1. The van der Waals surface area contributed by atoms with E-state index >= 15 is 0 Å². The number of aryl methyl sites for hydroxylation is 1. The number of nitrogens with zero attached hydrogens (tertiary/aromatic N) is 5. The quantitative estimate of drug-likeness (QED) is 0.232. The van der Waals surface area contributed by atoms with Gasteiger partial charge in [0.2, 0.25) is 5.88 Å². The summed E-state index contributed by atoms with van der Waals surface area (Å²) in [6.45, 7) is 5.12. The number of nitrogens with one attached hydrogen (secondary N) is 2. The monoisotopic (exact) mass is 601 g/mol. The number of fused-ring (bicyclic) bond motifs is 1. The van der Waals surface area contributed by atoms with E-state index in [9.17, 15) is 18.9 Å². The number of imidazole rings is 1. The Bertz CT molecular complexity index is 1880. The van der Waals surface area contributed by atoms with Crippen molar-refractivity contribution >= 4 is 34.4 Å². The fraction of sp³-hybridized carbons (Fsp3) is 0.233. The molecule has 5 rings (SSSR count). The van der Waals surface area contributed by atoms with Crippen LogP contribution >= 0.6 is 0 Å². The molecule has 0 saturated carbocycles. The molecule has 5 aromatic rings. The first-order valence-corrected chi connectivity index (χ1v) is 14.9. The molecule has 12 nitrogen and oxygen atoms in total. The van der Waals surface area contributed by atoms with Crippen LogP contribution in [0.4, 0.5) is 11.5 Å². The van der Waals surface area contributed by atoms with Crippen LogP contribution in [-0.4, -0.2) is 40.4 Å². The van der Waals surface area contributed by atoms with Crippen LogP contribution in [0.3, 0.4) is 0 Å². The summed E-state index contributed by atoms with van der Waals surface area (Å²) in [5.41, 5.74) is 0.896. The Morgan fingerprint density at radius 1 is 1.02 bits per heavy atom. The molecule has 1 unspecified atom stereocenters. The third-order valence-electron chi connectivity index (χ3n) is 6.72. The number of carbonyl (C=O) groups excluding carboxylic acids is 1.